The van der Waals surface area contributed by atoms with Gasteiger partial charge in [0.05, 0.1) is 0 Å². The van der Waals surface area contributed by atoms with Gasteiger partial charge < -0.3 is 11.5 Å². The maximum Gasteiger partial charge on any atom is 0.0166 e. The molecule has 0 aromatic carbocycles. The molecule has 0 radical (unpaired) electrons. The largest absolute Gasteiger partial charge is 0.330 e. The number of nitrogens with two attached hydrogens (primary N) is 2. The van der Waals surface area contributed by atoms with Gasteiger partial charge in [0.2, 0.25) is 0 Å². The van der Waals surface area contributed by atoms with Gasteiger partial charge in [-0.1, -0.05) is 116 Å². The van der Waals surface area contributed by atoms with E-state index in [1.165, 1.54) is 128 Å². The second kappa shape index (κ2) is 16.8. The molecule has 0 saturated heterocycles. The Bertz CT molecular complexity index is 291. The van der Waals surface area contributed by atoms with Crippen molar-refractivity contribution in [1.29, 1.82) is 0 Å². The first kappa shape index (κ1) is 25.0. The molecule has 0 amide bonds. The minimum Gasteiger partial charge on any atom is -0.330 e. The van der Waals surface area contributed by atoms with Crippen LogP contribution in [0, 0.1) is 5.92 Å². The Morgan fingerprint density at radius 3 is 1.07 bits per heavy atom. The van der Waals surface area contributed by atoms with E-state index in [0.29, 0.717) is 5.92 Å². The molecule has 0 aliphatic heterocycles. The summed E-state index contributed by atoms with van der Waals surface area (Å²) in [6.45, 7) is 2.98. The summed E-state index contributed by atoms with van der Waals surface area (Å²) in [6.07, 6.45) is 29.5. The van der Waals surface area contributed by atoms with Crippen molar-refractivity contribution in [2.24, 2.45) is 17.4 Å². The first-order valence-electron chi connectivity index (χ1n) is 12.7. The highest BCUT2D eigenvalue weighted by Gasteiger charge is 2.28. The standard InChI is InChI=1S/C25H52N2/c1-25(27,22-23-26)24-20-18-16-14-12-10-8-6-4-2-3-5-7-9-11-13-15-17-19-21-24/h24H,2-23,26-27H2,1H3/t25-/m1/s1. The number of hydrogen-bond donors (Lipinski definition) is 2. The van der Waals surface area contributed by atoms with Crippen molar-refractivity contribution in [3.05, 3.63) is 0 Å². The fourth-order valence-corrected chi connectivity index (χ4v) is 4.93. The molecular weight excluding hydrogens is 328 g/mol. The lowest BCUT2D eigenvalue weighted by molar-refractivity contribution is 0.236. The Hall–Kier alpha value is -0.0800. The van der Waals surface area contributed by atoms with Crippen LogP contribution >= 0.6 is 0 Å². The maximum absolute atomic E-state index is 6.69. The van der Waals surface area contributed by atoms with E-state index in [1.807, 2.05) is 0 Å². The molecule has 1 fully saturated rings. The van der Waals surface area contributed by atoms with Crippen LogP contribution in [0.3, 0.4) is 0 Å². The highest BCUT2D eigenvalue weighted by Crippen LogP contribution is 2.29. The van der Waals surface area contributed by atoms with E-state index in [2.05, 4.69) is 6.92 Å². The van der Waals surface area contributed by atoms with Gasteiger partial charge in [-0.2, -0.15) is 0 Å². The molecule has 0 spiro atoms. The molecule has 0 heterocycles. The van der Waals surface area contributed by atoms with Crippen LogP contribution in [0.25, 0.3) is 0 Å². The third-order valence-corrected chi connectivity index (χ3v) is 6.97. The van der Waals surface area contributed by atoms with Crippen LogP contribution in [0.4, 0.5) is 0 Å². The maximum atomic E-state index is 6.69. The second-order valence-corrected chi connectivity index (χ2v) is 9.68. The molecule has 0 unspecified atom stereocenters. The average molecular weight is 381 g/mol. The summed E-state index contributed by atoms with van der Waals surface area (Å²) >= 11 is 0. The van der Waals surface area contributed by atoms with Crippen LogP contribution in [0.1, 0.15) is 142 Å². The van der Waals surface area contributed by atoms with Crippen molar-refractivity contribution in [3.8, 4) is 0 Å². The summed E-state index contributed by atoms with van der Waals surface area (Å²) in [4.78, 5) is 0. The van der Waals surface area contributed by atoms with E-state index in [4.69, 9.17) is 11.5 Å². The van der Waals surface area contributed by atoms with Gasteiger partial charge in [-0.3, -0.25) is 0 Å². The number of hydrogen-bond acceptors (Lipinski definition) is 2. The molecule has 2 nitrogen and oxygen atoms in total. The zero-order valence-corrected chi connectivity index (χ0v) is 18.8. The molecule has 2 heteroatoms. The van der Waals surface area contributed by atoms with Crippen LogP contribution in [-0.4, -0.2) is 12.1 Å². The quantitative estimate of drug-likeness (QED) is 0.533. The lowest BCUT2D eigenvalue weighted by Crippen LogP contribution is -2.45. The van der Waals surface area contributed by atoms with E-state index in [0.717, 1.165) is 13.0 Å². The molecule has 1 atom stereocenters. The molecular formula is C25H52N2. The lowest BCUT2D eigenvalue weighted by atomic mass is 9.77. The third-order valence-electron chi connectivity index (χ3n) is 6.97. The highest BCUT2D eigenvalue weighted by molar-refractivity contribution is 4.87. The molecule has 0 aromatic heterocycles. The summed E-state index contributed by atoms with van der Waals surface area (Å²) in [5.74, 6) is 0.662. The van der Waals surface area contributed by atoms with Gasteiger partial charge in [0.15, 0.2) is 0 Å². The van der Waals surface area contributed by atoms with Crippen molar-refractivity contribution >= 4 is 0 Å². The summed E-state index contributed by atoms with van der Waals surface area (Å²) in [5.41, 5.74) is 12.5. The molecule has 1 saturated carbocycles. The second-order valence-electron chi connectivity index (χ2n) is 9.68. The predicted molar refractivity (Wildman–Crippen MR) is 122 cm³/mol. The van der Waals surface area contributed by atoms with Gasteiger partial charge in [0.1, 0.15) is 0 Å². The fraction of sp³-hybridized carbons (Fsp3) is 1.00. The van der Waals surface area contributed by atoms with Crippen LogP contribution < -0.4 is 11.5 Å². The van der Waals surface area contributed by atoms with Gasteiger partial charge in [-0.15, -0.1) is 0 Å². The summed E-state index contributed by atoms with van der Waals surface area (Å²) < 4.78 is 0. The molecule has 1 rings (SSSR count). The predicted octanol–water partition coefficient (Wildman–Crippen LogP) is 7.48. The van der Waals surface area contributed by atoms with Crippen LogP contribution in [0.15, 0.2) is 0 Å². The van der Waals surface area contributed by atoms with E-state index in [9.17, 15) is 0 Å². The van der Waals surface area contributed by atoms with Crippen molar-refractivity contribution in [2.75, 3.05) is 6.54 Å². The topological polar surface area (TPSA) is 52.0 Å². The first-order chi connectivity index (χ1) is 13.2. The SMILES string of the molecule is C[C@@](N)(CCN)C1CCCCCCCCCCCCCCCCCCCC1. The van der Waals surface area contributed by atoms with Crippen molar-refractivity contribution in [2.45, 2.75) is 147 Å². The molecule has 27 heavy (non-hydrogen) atoms. The average Bonchev–Trinajstić information content (AvgIpc) is 2.63. The van der Waals surface area contributed by atoms with Crippen LogP contribution in [0.2, 0.25) is 0 Å². The van der Waals surface area contributed by atoms with E-state index in [1.54, 1.807) is 0 Å². The van der Waals surface area contributed by atoms with E-state index in [-0.39, 0.29) is 5.54 Å². The monoisotopic (exact) mass is 380 g/mol. The Balaban J connectivity index is 2.37. The van der Waals surface area contributed by atoms with Gasteiger partial charge in [0.25, 0.3) is 0 Å². The van der Waals surface area contributed by atoms with E-state index >= 15 is 0 Å². The Morgan fingerprint density at radius 1 is 0.556 bits per heavy atom. The smallest absolute Gasteiger partial charge is 0.0166 e. The number of rotatable bonds is 3. The van der Waals surface area contributed by atoms with Gasteiger partial charge in [-0.25, -0.2) is 0 Å². The van der Waals surface area contributed by atoms with Crippen molar-refractivity contribution in [1.82, 2.24) is 0 Å². The van der Waals surface area contributed by atoms with Gasteiger partial charge in [-0.05, 0) is 38.6 Å². The normalized spacial score (nSPS) is 24.6. The minimum absolute atomic E-state index is 0.0655. The first-order valence-corrected chi connectivity index (χ1v) is 12.7. The van der Waals surface area contributed by atoms with Crippen LogP contribution in [0.5, 0.6) is 0 Å². The molecule has 162 valence electrons. The summed E-state index contributed by atoms with van der Waals surface area (Å²) in [6, 6.07) is 0. The highest BCUT2D eigenvalue weighted by atomic mass is 14.8. The summed E-state index contributed by atoms with van der Waals surface area (Å²) in [5, 5.41) is 0. The van der Waals surface area contributed by atoms with Crippen LogP contribution in [-0.2, 0) is 0 Å². The molecule has 0 bridgehead atoms. The lowest BCUT2D eigenvalue weighted by Gasteiger charge is -2.34. The van der Waals surface area contributed by atoms with Gasteiger partial charge >= 0.3 is 0 Å². The fourth-order valence-electron chi connectivity index (χ4n) is 4.93. The third kappa shape index (κ3) is 13.7. The zero-order chi connectivity index (χ0) is 19.6. The Labute approximate surface area is 171 Å². The summed E-state index contributed by atoms with van der Waals surface area (Å²) in [7, 11) is 0. The minimum atomic E-state index is -0.0655. The Kier molecular flexibility index (Phi) is 15.6. The van der Waals surface area contributed by atoms with Crippen molar-refractivity contribution in [3.63, 3.8) is 0 Å². The molecule has 1 aliphatic rings. The van der Waals surface area contributed by atoms with Crippen molar-refractivity contribution < 1.29 is 0 Å². The molecule has 1 aliphatic carbocycles. The molecule has 0 aromatic rings. The van der Waals surface area contributed by atoms with Gasteiger partial charge in [0, 0.05) is 5.54 Å². The zero-order valence-electron chi connectivity index (χ0n) is 18.8. The van der Waals surface area contributed by atoms with E-state index < -0.39 is 0 Å². The molecule has 4 N–H and O–H groups in total. The Morgan fingerprint density at radius 2 is 0.815 bits per heavy atom.